The predicted octanol–water partition coefficient (Wildman–Crippen LogP) is 2.94. The maximum absolute atomic E-state index is 12.4. The Hall–Kier alpha value is -3.70. The first-order valence-corrected chi connectivity index (χ1v) is 11.5. The van der Waals surface area contributed by atoms with E-state index in [1.165, 1.54) is 29.9 Å². The lowest BCUT2D eigenvalue weighted by atomic mass is 10.2. The molecule has 2 heterocycles. The Morgan fingerprint density at radius 2 is 1.94 bits per heavy atom. The van der Waals surface area contributed by atoms with Gasteiger partial charge < -0.3 is 18.8 Å². The lowest BCUT2D eigenvalue weighted by molar-refractivity contribution is 0.0510. The van der Waals surface area contributed by atoms with E-state index >= 15 is 0 Å². The molecular weight excluding hydrogens is 448 g/mol. The van der Waals surface area contributed by atoms with E-state index in [2.05, 4.69) is 21.3 Å². The molecule has 0 unspecified atom stereocenters. The molecule has 1 aromatic carbocycles. The summed E-state index contributed by atoms with van der Waals surface area (Å²) in [5.41, 5.74) is 0.749. The number of ether oxygens (including phenoxy) is 3. The predicted molar refractivity (Wildman–Crippen MR) is 124 cm³/mol. The highest BCUT2D eigenvalue weighted by Gasteiger charge is 2.15. The Morgan fingerprint density at radius 3 is 2.67 bits per heavy atom. The van der Waals surface area contributed by atoms with Gasteiger partial charge in [0.05, 0.1) is 11.4 Å². The van der Waals surface area contributed by atoms with Gasteiger partial charge in [-0.3, -0.25) is 9.52 Å². The molecule has 0 saturated heterocycles. The summed E-state index contributed by atoms with van der Waals surface area (Å²) >= 11 is 0. The molecule has 2 aromatic heterocycles. The van der Waals surface area contributed by atoms with E-state index in [0.717, 1.165) is 0 Å². The highest BCUT2D eigenvalue weighted by atomic mass is 32.2. The van der Waals surface area contributed by atoms with Crippen molar-refractivity contribution in [3.63, 3.8) is 0 Å². The number of benzene rings is 1. The van der Waals surface area contributed by atoms with Crippen molar-refractivity contribution in [2.24, 2.45) is 7.05 Å². The topological polar surface area (TPSA) is 122 Å². The number of pyridine rings is 1. The van der Waals surface area contributed by atoms with Crippen LogP contribution in [-0.4, -0.2) is 42.6 Å². The summed E-state index contributed by atoms with van der Waals surface area (Å²) in [4.78, 5) is 20.3. The van der Waals surface area contributed by atoms with Crippen LogP contribution in [0.5, 0.6) is 17.5 Å². The van der Waals surface area contributed by atoms with Gasteiger partial charge in [-0.1, -0.05) is 12.1 Å². The van der Waals surface area contributed by atoms with Crippen molar-refractivity contribution in [3.8, 4) is 28.8 Å². The van der Waals surface area contributed by atoms with Crippen LogP contribution in [0.2, 0.25) is 0 Å². The van der Waals surface area contributed by atoms with Crippen LogP contribution in [-0.2, 0) is 21.8 Å². The molecule has 174 valence electrons. The zero-order valence-corrected chi connectivity index (χ0v) is 19.0. The molecule has 3 rings (SSSR count). The van der Waals surface area contributed by atoms with Crippen molar-refractivity contribution in [3.05, 3.63) is 71.7 Å². The number of methoxy groups -OCH3 is 1. The number of rotatable bonds is 11. The highest BCUT2D eigenvalue weighted by Crippen LogP contribution is 2.27. The first-order valence-electron chi connectivity index (χ1n) is 9.87. The minimum Gasteiger partial charge on any atom is -0.467 e. The van der Waals surface area contributed by atoms with Gasteiger partial charge in [0, 0.05) is 44.1 Å². The van der Waals surface area contributed by atoms with Crippen molar-refractivity contribution in [1.29, 1.82) is 0 Å². The molecule has 0 aliphatic carbocycles. The second-order valence-electron chi connectivity index (χ2n) is 6.91. The minimum absolute atomic E-state index is 0.0275. The fourth-order valence-corrected chi connectivity index (χ4v) is 3.73. The summed E-state index contributed by atoms with van der Waals surface area (Å²) < 4.78 is 44.7. The normalized spacial score (nSPS) is 11.1. The van der Waals surface area contributed by atoms with Gasteiger partial charge >= 0.3 is 6.01 Å². The van der Waals surface area contributed by atoms with Gasteiger partial charge in [0.25, 0.3) is 0 Å². The first kappa shape index (κ1) is 24.0. The number of hydrogen-bond donors (Lipinski definition) is 1. The molecule has 0 fully saturated rings. The number of nitrogens with zero attached hydrogens (tertiary/aromatic N) is 3. The van der Waals surface area contributed by atoms with Crippen molar-refractivity contribution in [2.75, 3.05) is 24.4 Å². The largest absolute Gasteiger partial charge is 0.467 e. The number of anilines is 1. The van der Waals surface area contributed by atoms with Gasteiger partial charge in [0.15, 0.2) is 6.79 Å². The third-order valence-electron chi connectivity index (χ3n) is 4.30. The second-order valence-corrected chi connectivity index (χ2v) is 8.76. The molecule has 0 saturated carbocycles. The molecule has 1 N–H and O–H groups in total. The molecule has 0 spiro atoms. The summed E-state index contributed by atoms with van der Waals surface area (Å²) in [7, 11) is -0.557. The van der Waals surface area contributed by atoms with Crippen LogP contribution < -0.4 is 19.8 Å². The third-order valence-corrected chi connectivity index (χ3v) is 5.59. The lowest BCUT2D eigenvalue weighted by Gasteiger charge is -2.12. The van der Waals surface area contributed by atoms with E-state index in [0.29, 0.717) is 22.8 Å². The van der Waals surface area contributed by atoms with Crippen LogP contribution in [0.4, 0.5) is 5.82 Å². The van der Waals surface area contributed by atoms with E-state index in [-0.39, 0.29) is 36.4 Å². The Balaban J connectivity index is 1.98. The quantitative estimate of drug-likeness (QED) is 0.334. The highest BCUT2D eigenvalue weighted by molar-refractivity contribution is 7.92. The number of hydrogen-bond acceptors (Lipinski definition) is 8. The molecule has 11 heteroatoms. The lowest BCUT2D eigenvalue weighted by Crippen LogP contribution is -2.17. The fraction of sp³-hybridized carbons (Fsp3) is 0.227. The summed E-state index contributed by atoms with van der Waals surface area (Å²) in [5, 5.41) is 0. The molecule has 3 aromatic rings. The van der Waals surface area contributed by atoms with Crippen LogP contribution in [0.3, 0.4) is 0 Å². The number of nitrogens with one attached hydrogen (secondary N) is 1. The van der Waals surface area contributed by atoms with Crippen LogP contribution in [0, 0.1) is 0 Å². The Labute approximate surface area is 191 Å². The second kappa shape index (κ2) is 10.7. The number of aromatic nitrogens is 3. The smallest absolute Gasteiger partial charge is 0.324 e. The Kier molecular flexibility index (Phi) is 7.80. The molecule has 33 heavy (non-hydrogen) atoms. The molecule has 0 amide bonds. The molecular formula is C22H24N4O6S. The van der Waals surface area contributed by atoms with E-state index in [1.807, 2.05) is 0 Å². The van der Waals surface area contributed by atoms with Crippen molar-refractivity contribution >= 4 is 15.8 Å². The van der Waals surface area contributed by atoms with Gasteiger partial charge in [0.2, 0.25) is 15.6 Å². The number of allylic oxidation sites excluding steroid dienone is 1. The van der Waals surface area contributed by atoms with E-state index in [1.54, 1.807) is 43.6 Å². The van der Waals surface area contributed by atoms with E-state index < -0.39 is 10.0 Å². The van der Waals surface area contributed by atoms with Crippen molar-refractivity contribution < 1.29 is 22.6 Å². The molecule has 10 nitrogen and oxygen atoms in total. The van der Waals surface area contributed by atoms with Crippen LogP contribution in [0.15, 0.2) is 66.1 Å². The summed E-state index contributed by atoms with van der Waals surface area (Å²) in [6.07, 6.45) is 3.39. The summed E-state index contributed by atoms with van der Waals surface area (Å²) in [5.74, 6) is 0.764. The van der Waals surface area contributed by atoms with Crippen LogP contribution >= 0.6 is 0 Å². The van der Waals surface area contributed by atoms with Gasteiger partial charge in [-0.05, 0) is 24.6 Å². The Bertz CT molecular complexity index is 1290. The van der Waals surface area contributed by atoms with Gasteiger partial charge in [0.1, 0.15) is 17.3 Å². The monoisotopic (exact) mass is 472 g/mol. The average Bonchev–Trinajstić information content (AvgIpc) is 2.78. The van der Waals surface area contributed by atoms with Crippen LogP contribution in [0.1, 0.15) is 6.42 Å². The maximum Gasteiger partial charge on any atom is 0.324 e. The minimum atomic E-state index is -3.67. The summed E-state index contributed by atoms with van der Waals surface area (Å²) in [6, 6.07) is 11.1. The standard InChI is InChI=1S/C22H24N4O6S/c1-4-5-11-33(28,29)25-20-13-19(16-9-10-21(27)26(2)14-16)23-22(24-20)32-18-8-6-7-17(12-18)31-15-30-3/h4,6-10,12-14H,1,5,11,15H2,2-3H3,(H,23,24,25). The van der Waals surface area contributed by atoms with Gasteiger partial charge in [-0.2, -0.15) is 9.97 Å². The van der Waals surface area contributed by atoms with Gasteiger partial charge in [-0.15, -0.1) is 6.58 Å². The number of aryl methyl sites for hydroxylation is 1. The molecule has 0 aliphatic heterocycles. The SMILES string of the molecule is C=CCCS(=O)(=O)Nc1cc(-c2ccc(=O)n(C)c2)nc(Oc2cccc(OCOC)c2)n1. The fourth-order valence-electron chi connectivity index (χ4n) is 2.73. The van der Waals surface area contributed by atoms with Crippen LogP contribution in [0.25, 0.3) is 11.3 Å². The zero-order chi connectivity index (χ0) is 23.8. The first-order chi connectivity index (χ1) is 15.8. The molecule has 0 aliphatic rings. The van der Waals surface area contributed by atoms with Crippen molar-refractivity contribution in [2.45, 2.75) is 6.42 Å². The molecule has 0 radical (unpaired) electrons. The third kappa shape index (κ3) is 6.89. The zero-order valence-electron chi connectivity index (χ0n) is 18.2. The van der Waals surface area contributed by atoms with Crippen molar-refractivity contribution in [1.82, 2.24) is 14.5 Å². The Morgan fingerprint density at radius 1 is 1.15 bits per heavy atom. The average molecular weight is 473 g/mol. The van der Waals surface area contributed by atoms with E-state index in [4.69, 9.17) is 14.2 Å². The molecule has 0 atom stereocenters. The molecule has 0 bridgehead atoms. The number of sulfonamides is 1. The summed E-state index contributed by atoms with van der Waals surface area (Å²) in [6.45, 7) is 3.61. The van der Waals surface area contributed by atoms with E-state index in [9.17, 15) is 13.2 Å². The van der Waals surface area contributed by atoms with Gasteiger partial charge in [-0.25, -0.2) is 8.42 Å². The maximum atomic E-state index is 12.4.